The molecule has 0 saturated carbocycles. The number of hydrogen-bond acceptors (Lipinski definition) is 4. The average molecular weight is 419 g/mol. The molecule has 0 fully saturated rings. The van der Waals surface area contributed by atoms with Gasteiger partial charge in [-0.05, 0) is 35.9 Å². The van der Waals surface area contributed by atoms with E-state index in [-0.39, 0.29) is 18.1 Å². The van der Waals surface area contributed by atoms with Crippen LogP contribution < -0.4 is 20.2 Å². The van der Waals surface area contributed by atoms with E-state index in [1.165, 1.54) is 18.3 Å². The molecular weight excluding hydrogens is 403 g/mol. The van der Waals surface area contributed by atoms with Gasteiger partial charge in [-0.2, -0.15) is 0 Å². The molecule has 1 aromatic heterocycles. The van der Waals surface area contributed by atoms with Crippen molar-refractivity contribution >= 4 is 34.8 Å². The molecule has 144 valence electrons. The first kappa shape index (κ1) is 19.8. The second-order valence-corrected chi connectivity index (χ2v) is 6.61. The fourth-order valence-corrected chi connectivity index (χ4v) is 2.70. The lowest BCUT2D eigenvalue weighted by atomic mass is 10.2. The first-order valence-electron chi connectivity index (χ1n) is 8.21. The number of methoxy groups -OCH3 is 1. The first-order valence-corrected chi connectivity index (χ1v) is 8.96. The van der Waals surface area contributed by atoms with Gasteiger partial charge >= 0.3 is 0 Å². The lowest BCUT2D eigenvalue weighted by molar-refractivity contribution is 0.102. The largest absolute Gasteiger partial charge is 0.497 e. The normalized spacial score (nSPS) is 10.4. The molecule has 0 aliphatic rings. The molecular formula is C20H16Cl2N2O4. The molecule has 1 heterocycles. The molecule has 3 rings (SSSR count). The summed E-state index contributed by atoms with van der Waals surface area (Å²) in [7, 11) is 1.58. The zero-order valence-corrected chi connectivity index (χ0v) is 16.3. The second-order valence-electron chi connectivity index (χ2n) is 5.80. The van der Waals surface area contributed by atoms with E-state index in [1.54, 1.807) is 19.2 Å². The Morgan fingerprint density at radius 2 is 1.93 bits per heavy atom. The van der Waals surface area contributed by atoms with E-state index in [1.807, 2.05) is 24.3 Å². The van der Waals surface area contributed by atoms with E-state index in [0.717, 1.165) is 5.56 Å². The van der Waals surface area contributed by atoms with Gasteiger partial charge in [-0.25, -0.2) is 0 Å². The summed E-state index contributed by atoms with van der Waals surface area (Å²) in [4.78, 5) is 27.3. The van der Waals surface area contributed by atoms with Crippen LogP contribution in [0.3, 0.4) is 0 Å². The summed E-state index contributed by atoms with van der Waals surface area (Å²) < 4.78 is 10.7. The number of amides is 1. The van der Waals surface area contributed by atoms with Crippen LogP contribution in [0, 0.1) is 0 Å². The Bertz CT molecular complexity index is 1070. The average Bonchev–Trinajstić information content (AvgIpc) is 2.70. The summed E-state index contributed by atoms with van der Waals surface area (Å²) in [6.07, 6.45) is 1.35. The SMILES string of the molecule is COc1cccc(COc2c[nH]c(C(=O)Nc3ccc(Cl)c(Cl)c3)cc2=O)c1. The molecule has 2 N–H and O–H groups in total. The van der Waals surface area contributed by atoms with E-state index in [4.69, 9.17) is 32.7 Å². The van der Waals surface area contributed by atoms with Crippen LogP contribution in [-0.4, -0.2) is 18.0 Å². The van der Waals surface area contributed by atoms with Crippen molar-refractivity contribution in [2.45, 2.75) is 6.61 Å². The molecule has 0 aliphatic heterocycles. The number of carbonyl (C=O) groups is 1. The van der Waals surface area contributed by atoms with Crippen LogP contribution in [0.2, 0.25) is 10.0 Å². The molecule has 2 aromatic carbocycles. The molecule has 0 unspecified atom stereocenters. The minimum atomic E-state index is -0.491. The Balaban J connectivity index is 1.68. The lowest BCUT2D eigenvalue weighted by Crippen LogP contribution is -2.17. The topological polar surface area (TPSA) is 80.4 Å². The molecule has 3 aromatic rings. The minimum absolute atomic E-state index is 0.0878. The summed E-state index contributed by atoms with van der Waals surface area (Å²) in [5, 5.41) is 3.33. The van der Waals surface area contributed by atoms with Gasteiger partial charge in [0.15, 0.2) is 5.75 Å². The van der Waals surface area contributed by atoms with Crippen LogP contribution in [0.5, 0.6) is 11.5 Å². The number of anilines is 1. The minimum Gasteiger partial charge on any atom is -0.497 e. The highest BCUT2D eigenvalue weighted by molar-refractivity contribution is 6.42. The van der Waals surface area contributed by atoms with Crippen molar-refractivity contribution in [3.8, 4) is 11.5 Å². The number of hydrogen-bond donors (Lipinski definition) is 2. The van der Waals surface area contributed by atoms with Gasteiger partial charge in [0.05, 0.1) is 17.2 Å². The fourth-order valence-electron chi connectivity index (χ4n) is 2.40. The van der Waals surface area contributed by atoms with Crippen LogP contribution in [0.4, 0.5) is 5.69 Å². The monoisotopic (exact) mass is 418 g/mol. The highest BCUT2D eigenvalue weighted by Gasteiger charge is 2.11. The molecule has 28 heavy (non-hydrogen) atoms. The van der Waals surface area contributed by atoms with Gasteiger partial charge < -0.3 is 19.8 Å². The number of ether oxygens (including phenoxy) is 2. The molecule has 0 saturated heterocycles. The van der Waals surface area contributed by atoms with E-state index in [0.29, 0.717) is 21.5 Å². The van der Waals surface area contributed by atoms with Crippen molar-refractivity contribution in [2.75, 3.05) is 12.4 Å². The molecule has 0 atom stereocenters. The van der Waals surface area contributed by atoms with Crippen molar-refractivity contribution in [2.24, 2.45) is 0 Å². The molecule has 0 spiro atoms. The van der Waals surface area contributed by atoms with E-state index < -0.39 is 11.3 Å². The van der Waals surface area contributed by atoms with Crippen LogP contribution in [0.1, 0.15) is 16.1 Å². The Hall–Kier alpha value is -2.96. The van der Waals surface area contributed by atoms with E-state index in [9.17, 15) is 9.59 Å². The van der Waals surface area contributed by atoms with E-state index in [2.05, 4.69) is 10.3 Å². The highest BCUT2D eigenvalue weighted by atomic mass is 35.5. The number of rotatable bonds is 6. The number of aromatic amines is 1. The van der Waals surface area contributed by atoms with Gasteiger partial charge in [-0.1, -0.05) is 35.3 Å². The van der Waals surface area contributed by atoms with Crippen molar-refractivity contribution in [1.29, 1.82) is 0 Å². The summed E-state index contributed by atoms with van der Waals surface area (Å²) >= 11 is 11.8. The predicted octanol–water partition coefficient (Wildman–Crippen LogP) is 4.52. The zero-order valence-electron chi connectivity index (χ0n) is 14.8. The Morgan fingerprint density at radius 1 is 1.11 bits per heavy atom. The number of aromatic nitrogens is 1. The number of nitrogens with one attached hydrogen (secondary N) is 2. The van der Waals surface area contributed by atoms with Crippen molar-refractivity contribution in [1.82, 2.24) is 4.98 Å². The number of pyridine rings is 1. The summed E-state index contributed by atoms with van der Waals surface area (Å²) in [6, 6.07) is 13.2. The van der Waals surface area contributed by atoms with Crippen LogP contribution in [0.25, 0.3) is 0 Å². The van der Waals surface area contributed by atoms with E-state index >= 15 is 0 Å². The smallest absolute Gasteiger partial charge is 0.272 e. The van der Waals surface area contributed by atoms with Crippen molar-refractivity contribution in [3.63, 3.8) is 0 Å². The number of carbonyl (C=O) groups excluding carboxylic acids is 1. The highest BCUT2D eigenvalue weighted by Crippen LogP contribution is 2.25. The first-order chi connectivity index (χ1) is 13.5. The molecule has 0 aliphatic carbocycles. The predicted molar refractivity (Wildman–Crippen MR) is 109 cm³/mol. The van der Waals surface area contributed by atoms with Gasteiger partial charge in [-0.3, -0.25) is 9.59 Å². The fraction of sp³-hybridized carbons (Fsp3) is 0.100. The second kappa shape index (κ2) is 8.82. The summed E-state index contributed by atoms with van der Waals surface area (Å²) in [5.41, 5.74) is 0.976. The third-order valence-corrected chi connectivity index (χ3v) is 4.57. The quantitative estimate of drug-likeness (QED) is 0.616. The zero-order chi connectivity index (χ0) is 20.1. The molecule has 6 nitrogen and oxygen atoms in total. The van der Waals surface area contributed by atoms with Gasteiger partial charge in [0.2, 0.25) is 5.43 Å². The Morgan fingerprint density at radius 3 is 2.64 bits per heavy atom. The maximum Gasteiger partial charge on any atom is 0.272 e. The Labute approximate surface area is 171 Å². The van der Waals surface area contributed by atoms with Crippen molar-refractivity contribution in [3.05, 3.63) is 86.3 Å². The van der Waals surface area contributed by atoms with Gasteiger partial charge in [0.1, 0.15) is 18.1 Å². The number of H-pyrrole nitrogens is 1. The summed E-state index contributed by atoms with van der Waals surface area (Å²) in [5.74, 6) is 0.313. The molecule has 0 bridgehead atoms. The van der Waals surface area contributed by atoms with Crippen LogP contribution in [-0.2, 0) is 6.61 Å². The molecule has 0 radical (unpaired) electrons. The van der Waals surface area contributed by atoms with Gasteiger partial charge in [0, 0.05) is 18.0 Å². The summed E-state index contributed by atoms with van der Waals surface area (Å²) in [6.45, 7) is 0.190. The standard InChI is InChI=1S/C20H16Cl2N2O4/c1-27-14-4-2-3-12(7-14)11-28-19-10-23-17(9-18(19)25)20(26)24-13-5-6-15(21)16(22)8-13/h2-10H,11H2,1H3,(H,23,25)(H,24,26). The van der Waals surface area contributed by atoms with Crippen molar-refractivity contribution < 1.29 is 14.3 Å². The Kier molecular flexibility index (Phi) is 6.23. The molecule has 1 amide bonds. The lowest BCUT2D eigenvalue weighted by Gasteiger charge is -2.09. The van der Waals surface area contributed by atoms with Crippen LogP contribution >= 0.6 is 23.2 Å². The molecule has 8 heteroatoms. The maximum atomic E-state index is 12.3. The number of halogens is 2. The van der Waals surface area contributed by atoms with Crippen LogP contribution in [0.15, 0.2) is 59.5 Å². The third-order valence-electron chi connectivity index (χ3n) is 3.83. The maximum absolute atomic E-state index is 12.3. The number of benzene rings is 2. The van der Waals surface area contributed by atoms with Gasteiger partial charge in [0.25, 0.3) is 5.91 Å². The third kappa shape index (κ3) is 4.85. The van der Waals surface area contributed by atoms with Gasteiger partial charge in [-0.15, -0.1) is 0 Å².